The molecule has 0 saturated carbocycles. The van der Waals surface area contributed by atoms with Crippen molar-refractivity contribution >= 4 is 0 Å². The van der Waals surface area contributed by atoms with Gasteiger partial charge in [-0.3, -0.25) is 0 Å². The Labute approximate surface area is 155 Å². The fraction of sp³-hybridized carbons (Fsp3) is 0.250. The van der Waals surface area contributed by atoms with Crippen molar-refractivity contribution in [1.82, 2.24) is 9.78 Å². The number of ether oxygens (including phenoxy) is 2. The van der Waals surface area contributed by atoms with Gasteiger partial charge < -0.3 is 9.47 Å². The normalized spacial score (nSPS) is 11.4. The fourth-order valence-electron chi connectivity index (χ4n) is 2.90. The molecule has 0 amide bonds. The van der Waals surface area contributed by atoms with E-state index in [1.165, 1.54) is 17.1 Å². The van der Waals surface area contributed by atoms with Crippen LogP contribution in [0.1, 0.15) is 16.7 Å². The smallest absolute Gasteiger partial charge is 0.393 e. The zero-order chi connectivity index (χ0) is 19.4. The van der Waals surface area contributed by atoms with Crippen LogP contribution in [0.5, 0.6) is 11.5 Å². The molecule has 27 heavy (non-hydrogen) atoms. The van der Waals surface area contributed by atoms with Crippen LogP contribution in [-0.4, -0.2) is 30.2 Å². The maximum absolute atomic E-state index is 12.6. The van der Waals surface area contributed by atoms with Gasteiger partial charge in [-0.15, -0.1) is 0 Å². The number of benzene rings is 2. The monoisotopic (exact) mass is 376 g/mol. The molecule has 142 valence electrons. The minimum atomic E-state index is -4.26. The number of methoxy groups -OCH3 is 2. The first-order chi connectivity index (χ1) is 12.9. The summed E-state index contributed by atoms with van der Waals surface area (Å²) >= 11 is 0. The van der Waals surface area contributed by atoms with Gasteiger partial charge in [0.15, 0.2) is 0 Å². The van der Waals surface area contributed by atoms with Crippen molar-refractivity contribution < 1.29 is 22.6 Å². The van der Waals surface area contributed by atoms with E-state index in [2.05, 4.69) is 5.10 Å². The van der Waals surface area contributed by atoms with Gasteiger partial charge in [0.1, 0.15) is 11.5 Å². The Balaban J connectivity index is 1.91. The Hall–Kier alpha value is -2.96. The summed E-state index contributed by atoms with van der Waals surface area (Å²) in [6.45, 7) is 0. The van der Waals surface area contributed by atoms with E-state index in [1.807, 2.05) is 36.4 Å². The molecule has 0 aliphatic heterocycles. The van der Waals surface area contributed by atoms with Crippen LogP contribution in [0, 0.1) is 0 Å². The molecule has 0 aliphatic rings. The van der Waals surface area contributed by atoms with Gasteiger partial charge in [-0.05, 0) is 28.8 Å². The number of halogens is 3. The predicted octanol–water partition coefficient (Wildman–Crippen LogP) is 4.59. The Morgan fingerprint density at radius 3 is 2.48 bits per heavy atom. The molecule has 0 atom stereocenters. The Morgan fingerprint density at radius 1 is 1.00 bits per heavy atom. The van der Waals surface area contributed by atoms with Gasteiger partial charge >= 0.3 is 6.18 Å². The molecule has 3 rings (SSSR count). The number of alkyl halides is 3. The number of hydrogen-bond donors (Lipinski definition) is 0. The molecule has 1 heterocycles. The Bertz CT molecular complexity index is 920. The standard InChI is InChI=1S/C20H19F3N2O2/c1-26-17-8-7-16(19(10-17)27-2)9-15-5-3-4-6-18(15)25-13-14(12-24-25)11-20(21,22)23/h3-8,10,12-13H,9,11H2,1-2H3. The maximum atomic E-state index is 12.6. The van der Waals surface area contributed by atoms with E-state index in [-0.39, 0.29) is 5.56 Å². The van der Waals surface area contributed by atoms with Crippen LogP contribution in [0.4, 0.5) is 13.2 Å². The van der Waals surface area contributed by atoms with E-state index in [1.54, 1.807) is 20.3 Å². The Kier molecular flexibility index (Phi) is 5.39. The number of para-hydroxylation sites is 1. The van der Waals surface area contributed by atoms with E-state index in [0.717, 1.165) is 16.8 Å². The SMILES string of the molecule is COc1ccc(Cc2ccccc2-n2cc(CC(F)(F)F)cn2)c(OC)c1. The highest BCUT2D eigenvalue weighted by Crippen LogP contribution is 2.29. The Morgan fingerprint density at radius 2 is 1.78 bits per heavy atom. The molecule has 0 fully saturated rings. The molecule has 0 unspecified atom stereocenters. The fourth-order valence-corrected chi connectivity index (χ4v) is 2.90. The molecule has 0 bridgehead atoms. The van der Waals surface area contributed by atoms with Gasteiger partial charge in [0.25, 0.3) is 0 Å². The van der Waals surface area contributed by atoms with Crippen LogP contribution in [-0.2, 0) is 12.8 Å². The van der Waals surface area contributed by atoms with E-state index < -0.39 is 12.6 Å². The molecule has 7 heteroatoms. The third-order valence-electron chi connectivity index (χ3n) is 4.15. The van der Waals surface area contributed by atoms with Crippen LogP contribution in [0.3, 0.4) is 0 Å². The summed E-state index contributed by atoms with van der Waals surface area (Å²) < 4.78 is 49.9. The number of nitrogens with zero attached hydrogens (tertiary/aromatic N) is 2. The summed E-state index contributed by atoms with van der Waals surface area (Å²) in [7, 11) is 3.17. The first kappa shape index (κ1) is 18.8. The predicted molar refractivity (Wildman–Crippen MR) is 95.7 cm³/mol. The summed E-state index contributed by atoms with van der Waals surface area (Å²) in [6, 6.07) is 13.0. The first-order valence-corrected chi connectivity index (χ1v) is 8.29. The van der Waals surface area contributed by atoms with E-state index in [9.17, 15) is 13.2 Å². The van der Waals surface area contributed by atoms with Crippen LogP contribution in [0.2, 0.25) is 0 Å². The lowest BCUT2D eigenvalue weighted by atomic mass is 10.0. The molecular formula is C20H19F3N2O2. The zero-order valence-corrected chi connectivity index (χ0v) is 15.0. The summed E-state index contributed by atoms with van der Waals surface area (Å²) in [6.07, 6.45) is -2.06. The average molecular weight is 376 g/mol. The largest absolute Gasteiger partial charge is 0.497 e. The van der Waals surface area contributed by atoms with Crippen molar-refractivity contribution in [3.8, 4) is 17.2 Å². The topological polar surface area (TPSA) is 36.3 Å². The maximum Gasteiger partial charge on any atom is 0.393 e. The van der Waals surface area contributed by atoms with Crippen molar-refractivity contribution in [2.24, 2.45) is 0 Å². The number of hydrogen-bond acceptors (Lipinski definition) is 3. The van der Waals surface area contributed by atoms with Gasteiger partial charge in [0.2, 0.25) is 0 Å². The molecule has 3 aromatic rings. The third-order valence-corrected chi connectivity index (χ3v) is 4.15. The third kappa shape index (κ3) is 4.61. The minimum absolute atomic E-state index is 0.124. The van der Waals surface area contributed by atoms with Crippen molar-refractivity contribution in [3.05, 3.63) is 71.5 Å². The van der Waals surface area contributed by atoms with Gasteiger partial charge in [-0.1, -0.05) is 24.3 Å². The number of aromatic nitrogens is 2. The molecule has 0 spiro atoms. The zero-order valence-electron chi connectivity index (χ0n) is 15.0. The van der Waals surface area contributed by atoms with E-state index >= 15 is 0 Å². The second kappa shape index (κ2) is 7.73. The lowest BCUT2D eigenvalue weighted by molar-refractivity contribution is -0.127. The minimum Gasteiger partial charge on any atom is -0.497 e. The van der Waals surface area contributed by atoms with Crippen LogP contribution in [0.25, 0.3) is 5.69 Å². The van der Waals surface area contributed by atoms with Gasteiger partial charge in [0, 0.05) is 18.7 Å². The molecule has 1 aromatic heterocycles. The quantitative estimate of drug-likeness (QED) is 0.632. The highest BCUT2D eigenvalue weighted by Gasteiger charge is 2.28. The first-order valence-electron chi connectivity index (χ1n) is 8.29. The van der Waals surface area contributed by atoms with Crippen molar-refractivity contribution in [3.63, 3.8) is 0 Å². The highest BCUT2D eigenvalue weighted by atomic mass is 19.4. The molecular weight excluding hydrogens is 357 g/mol. The van der Waals surface area contributed by atoms with E-state index in [0.29, 0.717) is 17.9 Å². The summed E-state index contributed by atoms with van der Waals surface area (Å²) in [5, 5.41) is 4.11. The second-order valence-corrected chi connectivity index (χ2v) is 6.07. The van der Waals surface area contributed by atoms with E-state index in [4.69, 9.17) is 9.47 Å². The van der Waals surface area contributed by atoms with Crippen LogP contribution < -0.4 is 9.47 Å². The molecule has 0 aliphatic carbocycles. The van der Waals surface area contributed by atoms with Crippen LogP contribution in [0.15, 0.2) is 54.9 Å². The summed E-state index contributed by atoms with van der Waals surface area (Å²) in [5.74, 6) is 1.37. The molecule has 0 radical (unpaired) electrons. The number of rotatable bonds is 6. The van der Waals surface area contributed by atoms with Crippen molar-refractivity contribution in [1.29, 1.82) is 0 Å². The summed E-state index contributed by atoms with van der Waals surface area (Å²) in [5.41, 5.74) is 2.71. The lowest BCUT2D eigenvalue weighted by Crippen LogP contribution is -2.10. The molecule has 0 N–H and O–H groups in total. The van der Waals surface area contributed by atoms with Crippen LogP contribution >= 0.6 is 0 Å². The van der Waals surface area contributed by atoms with Crippen molar-refractivity contribution in [2.45, 2.75) is 19.0 Å². The van der Waals surface area contributed by atoms with Gasteiger partial charge in [-0.25, -0.2) is 4.68 Å². The molecule has 0 saturated heterocycles. The summed E-state index contributed by atoms with van der Waals surface area (Å²) in [4.78, 5) is 0. The van der Waals surface area contributed by atoms with Crippen molar-refractivity contribution in [2.75, 3.05) is 14.2 Å². The lowest BCUT2D eigenvalue weighted by Gasteiger charge is -2.13. The second-order valence-electron chi connectivity index (χ2n) is 6.07. The van der Waals surface area contributed by atoms with Gasteiger partial charge in [-0.2, -0.15) is 18.3 Å². The van der Waals surface area contributed by atoms with Gasteiger partial charge in [0.05, 0.1) is 32.5 Å². The average Bonchev–Trinajstić information content (AvgIpc) is 3.08. The highest BCUT2D eigenvalue weighted by molar-refractivity contribution is 5.48. The molecule has 2 aromatic carbocycles. The molecule has 4 nitrogen and oxygen atoms in total.